The van der Waals surface area contributed by atoms with E-state index in [1.165, 1.54) is 0 Å². The molecule has 2 heterocycles. The molecule has 1 aromatic rings. The van der Waals surface area contributed by atoms with Crippen LogP contribution in [0.5, 0.6) is 5.75 Å². The smallest absolute Gasteiger partial charge is 0.227 e. The van der Waals surface area contributed by atoms with Crippen molar-refractivity contribution in [3.63, 3.8) is 0 Å². The highest BCUT2D eigenvalue weighted by Crippen LogP contribution is 2.27. The average molecular weight is 375 g/mol. The second-order valence-electron chi connectivity index (χ2n) is 7.19. The first-order valence-corrected chi connectivity index (χ1v) is 9.47. The van der Waals surface area contributed by atoms with Gasteiger partial charge >= 0.3 is 0 Å². The predicted molar refractivity (Wildman–Crippen MR) is 103 cm³/mol. The van der Waals surface area contributed by atoms with Crippen molar-refractivity contribution in [1.82, 2.24) is 9.80 Å². The molecular weight excluding hydrogens is 346 g/mol. The highest BCUT2D eigenvalue weighted by Gasteiger charge is 2.40. The Labute approximate surface area is 160 Å². The Kier molecular flexibility index (Phi) is 6.21. The number of rotatable bonds is 5. The Morgan fingerprint density at radius 3 is 2.59 bits per heavy atom. The molecule has 148 valence electrons. The SMILES string of the molecule is COCC1C(C(=O)N2CCN(c3cccc(OC)c3)CC2)CCC(=O)N1C. The van der Waals surface area contributed by atoms with E-state index in [2.05, 4.69) is 11.0 Å². The lowest BCUT2D eigenvalue weighted by molar-refractivity contribution is -0.148. The largest absolute Gasteiger partial charge is 0.497 e. The minimum atomic E-state index is -0.184. The number of nitrogens with zero attached hydrogens (tertiary/aromatic N) is 3. The summed E-state index contributed by atoms with van der Waals surface area (Å²) in [6.07, 6.45) is 1.03. The number of anilines is 1. The topological polar surface area (TPSA) is 62.3 Å². The van der Waals surface area contributed by atoms with Crippen LogP contribution < -0.4 is 9.64 Å². The molecule has 1 aromatic carbocycles. The number of piperidine rings is 1. The monoisotopic (exact) mass is 375 g/mol. The zero-order valence-corrected chi connectivity index (χ0v) is 16.4. The van der Waals surface area contributed by atoms with Crippen LogP contribution in [0.3, 0.4) is 0 Å². The van der Waals surface area contributed by atoms with Gasteiger partial charge in [-0.1, -0.05) is 6.07 Å². The van der Waals surface area contributed by atoms with Gasteiger partial charge in [0.15, 0.2) is 0 Å². The normalized spacial score (nSPS) is 23.5. The van der Waals surface area contributed by atoms with Crippen LogP contribution in [0.1, 0.15) is 12.8 Å². The Morgan fingerprint density at radius 2 is 1.93 bits per heavy atom. The number of carbonyl (C=O) groups is 2. The highest BCUT2D eigenvalue weighted by molar-refractivity contribution is 5.84. The van der Waals surface area contributed by atoms with E-state index < -0.39 is 0 Å². The summed E-state index contributed by atoms with van der Waals surface area (Å²) >= 11 is 0. The van der Waals surface area contributed by atoms with Gasteiger partial charge in [0.1, 0.15) is 5.75 Å². The Balaban J connectivity index is 1.62. The van der Waals surface area contributed by atoms with Crippen LogP contribution in [-0.2, 0) is 14.3 Å². The summed E-state index contributed by atoms with van der Waals surface area (Å²) < 4.78 is 10.6. The van der Waals surface area contributed by atoms with Gasteiger partial charge in [-0.25, -0.2) is 0 Å². The van der Waals surface area contributed by atoms with Crippen LogP contribution in [0, 0.1) is 5.92 Å². The van der Waals surface area contributed by atoms with Crippen LogP contribution in [-0.4, -0.2) is 81.7 Å². The van der Waals surface area contributed by atoms with Gasteiger partial charge in [0.05, 0.1) is 25.7 Å². The van der Waals surface area contributed by atoms with E-state index in [0.29, 0.717) is 32.5 Å². The number of likely N-dealkylation sites (tertiary alicyclic amines) is 1. The fourth-order valence-electron chi connectivity index (χ4n) is 4.02. The molecule has 0 radical (unpaired) electrons. The third-order valence-electron chi connectivity index (χ3n) is 5.69. The number of amides is 2. The Morgan fingerprint density at radius 1 is 1.19 bits per heavy atom. The lowest BCUT2D eigenvalue weighted by Crippen LogP contribution is -2.57. The van der Waals surface area contributed by atoms with E-state index in [-0.39, 0.29) is 23.8 Å². The van der Waals surface area contributed by atoms with Gasteiger partial charge in [0, 0.05) is 58.5 Å². The second-order valence-corrected chi connectivity index (χ2v) is 7.19. The quantitative estimate of drug-likeness (QED) is 0.775. The van der Waals surface area contributed by atoms with E-state index in [0.717, 1.165) is 24.5 Å². The van der Waals surface area contributed by atoms with E-state index in [9.17, 15) is 9.59 Å². The molecule has 2 aliphatic rings. The Bertz CT molecular complexity index is 673. The van der Waals surface area contributed by atoms with Gasteiger partial charge in [-0.05, 0) is 18.6 Å². The molecule has 3 rings (SSSR count). The minimum absolute atomic E-state index is 0.0870. The van der Waals surface area contributed by atoms with Gasteiger partial charge in [-0.3, -0.25) is 9.59 Å². The molecule has 0 spiro atoms. The summed E-state index contributed by atoms with van der Waals surface area (Å²) in [5, 5.41) is 0. The molecule has 2 fully saturated rings. The van der Waals surface area contributed by atoms with Gasteiger partial charge in [-0.15, -0.1) is 0 Å². The fraction of sp³-hybridized carbons (Fsp3) is 0.600. The van der Waals surface area contributed by atoms with Crippen LogP contribution in [0.2, 0.25) is 0 Å². The maximum absolute atomic E-state index is 13.1. The highest BCUT2D eigenvalue weighted by atomic mass is 16.5. The first-order valence-electron chi connectivity index (χ1n) is 9.47. The second kappa shape index (κ2) is 8.61. The van der Waals surface area contributed by atoms with E-state index in [1.54, 1.807) is 26.2 Å². The molecule has 0 N–H and O–H groups in total. The van der Waals surface area contributed by atoms with Crippen molar-refractivity contribution in [2.45, 2.75) is 18.9 Å². The number of hydrogen-bond donors (Lipinski definition) is 0. The molecule has 2 unspecified atom stereocenters. The first kappa shape index (κ1) is 19.5. The van der Waals surface area contributed by atoms with Gasteiger partial charge in [-0.2, -0.15) is 0 Å². The first-order chi connectivity index (χ1) is 13.0. The fourth-order valence-corrected chi connectivity index (χ4v) is 4.02. The maximum Gasteiger partial charge on any atom is 0.227 e. The standard InChI is InChI=1S/C20H29N3O4/c1-21-18(14-26-2)17(7-8-19(21)24)20(25)23-11-9-22(10-12-23)15-5-4-6-16(13-15)27-3/h4-6,13,17-18H,7-12,14H2,1-3H3. The average Bonchev–Trinajstić information content (AvgIpc) is 2.71. The number of likely N-dealkylation sites (N-methyl/N-ethyl adjacent to an activating group) is 1. The van der Waals surface area contributed by atoms with E-state index in [1.807, 2.05) is 23.1 Å². The molecule has 0 saturated carbocycles. The molecule has 27 heavy (non-hydrogen) atoms. The zero-order chi connectivity index (χ0) is 19.4. The lowest BCUT2D eigenvalue weighted by atomic mass is 9.88. The molecule has 0 bridgehead atoms. The van der Waals surface area contributed by atoms with Crippen molar-refractivity contribution >= 4 is 17.5 Å². The van der Waals surface area contributed by atoms with Gasteiger partial charge in [0.2, 0.25) is 11.8 Å². The van der Waals surface area contributed by atoms with E-state index in [4.69, 9.17) is 9.47 Å². The van der Waals surface area contributed by atoms with Crippen LogP contribution >= 0.6 is 0 Å². The maximum atomic E-state index is 13.1. The Hall–Kier alpha value is -2.28. The molecule has 7 nitrogen and oxygen atoms in total. The third-order valence-corrected chi connectivity index (χ3v) is 5.69. The van der Waals surface area contributed by atoms with Crippen molar-refractivity contribution in [3.05, 3.63) is 24.3 Å². The summed E-state index contributed by atoms with van der Waals surface area (Å²) in [5.74, 6) is 0.880. The molecule has 7 heteroatoms. The number of ether oxygens (including phenoxy) is 2. The molecule has 2 atom stereocenters. The predicted octanol–water partition coefficient (Wildman–Crippen LogP) is 1.23. The molecular formula is C20H29N3O4. The summed E-state index contributed by atoms with van der Waals surface area (Å²) in [6, 6.07) is 7.82. The number of carbonyl (C=O) groups excluding carboxylic acids is 2. The van der Waals surface area contributed by atoms with Crippen LogP contribution in [0.15, 0.2) is 24.3 Å². The minimum Gasteiger partial charge on any atom is -0.497 e. The lowest BCUT2D eigenvalue weighted by Gasteiger charge is -2.42. The van der Waals surface area contributed by atoms with Crippen molar-refractivity contribution in [2.75, 3.05) is 59.0 Å². The van der Waals surface area contributed by atoms with E-state index >= 15 is 0 Å². The number of piperazine rings is 1. The van der Waals surface area contributed by atoms with Crippen molar-refractivity contribution in [3.8, 4) is 5.75 Å². The number of benzene rings is 1. The molecule has 2 saturated heterocycles. The van der Waals surface area contributed by atoms with Gasteiger partial charge < -0.3 is 24.2 Å². The number of hydrogen-bond acceptors (Lipinski definition) is 5. The molecule has 2 amide bonds. The van der Waals surface area contributed by atoms with Crippen LogP contribution in [0.25, 0.3) is 0 Å². The van der Waals surface area contributed by atoms with Crippen molar-refractivity contribution < 1.29 is 19.1 Å². The summed E-state index contributed by atoms with van der Waals surface area (Å²) in [7, 11) is 5.05. The zero-order valence-electron chi connectivity index (χ0n) is 16.4. The molecule has 0 aliphatic carbocycles. The molecule has 2 aliphatic heterocycles. The van der Waals surface area contributed by atoms with Crippen molar-refractivity contribution in [1.29, 1.82) is 0 Å². The third kappa shape index (κ3) is 4.18. The number of methoxy groups -OCH3 is 2. The van der Waals surface area contributed by atoms with Gasteiger partial charge in [0.25, 0.3) is 0 Å². The summed E-state index contributed by atoms with van der Waals surface area (Å²) in [5.41, 5.74) is 1.11. The van der Waals surface area contributed by atoms with Crippen molar-refractivity contribution in [2.24, 2.45) is 5.92 Å². The summed E-state index contributed by atoms with van der Waals surface area (Å²) in [6.45, 7) is 3.33. The van der Waals surface area contributed by atoms with Crippen LogP contribution in [0.4, 0.5) is 5.69 Å². The molecule has 0 aromatic heterocycles. The summed E-state index contributed by atoms with van der Waals surface area (Å²) in [4.78, 5) is 31.0.